The van der Waals surface area contributed by atoms with Crippen LogP contribution in [0.1, 0.15) is 51.7 Å². The van der Waals surface area contributed by atoms with Gasteiger partial charge in [0.15, 0.2) is 0 Å². The summed E-state index contributed by atoms with van der Waals surface area (Å²) in [6.45, 7) is 2.27. The van der Waals surface area contributed by atoms with Gasteiger partial charge in [0.1, 0.15) is 0 Å². The van der Waals surface area contributed by atoms with Crippen molar-refractivity contribution in [2.75, 3.05) is 13.1 Å². The molecule has 25 heavy (non-hydrogen) atoms. The van der Waals surface area contributed by atoms with Gasteiger partial charge in [-0.1, -0.05) is 6.07 Å². The van der Waals surface area contributed by atoms with E-state index in [1.165, 1.54) is 23.3 Å². The van der Waals surface area contributed by atoms with Crippen molar-refractivity contribution in [1.29, 1.82) is 0 Å². The average molecular weight is 354 g/mol. The molecule has 4 nitrogen and oxygen atoms in total. The van der Waals surface area contributed by atoms with Crippen molar-refractivity contribution >= 4 is 17.2 Å². The van der Waals surface area contributed by atoms with Gasteiger partial charge in [0.2, 0.25) is 0 Å². The van der Waals surface area contributed by atoms with Crippen molar-refractivity contribution in [3.8, 4) is 0 Å². The number of carbonyl (C=O) groups excluding carboxylic acids is 1. The monoisotopic (exact) mass is 354 g/mol. The quantitative estimate of drug-likeness (QED) is 0.790. The lowest BCUT2D eigenvalue weighted by atomic mass is 9.82. The topological polar surface area (TPSA) is 42.3 Å². The van der Waals surface area contributed by atoms with Crippen LogP contribution in [0.5, 0.6) is 0 Å². The summed E-state index contributed by atoms with van der Waals surface area (Å²) >= 11 is 1.76. The zero-order valence-corrected chi connectivity index (χ0v) is 15.1. The lowest BCUT2D eigenvalue weighted by Gasteiger charge is -2.42. The minimum Gasteiger partial charge on any atom is -0.338 e. The first-order valence-corrected chi connectivity index (χ1v) is 10.2. The van der Waals surface area contributed by atoms with Crippen LogP contribution < -0.4 is 5.56 Å². The number of likely N-dealkylation sites (tertiary alicyclic amines) is 1. The summed E-state index contributed by atoms with van der Waals surface area (Å²) in [4.78, 5) is 28.8. The van der Waals surface area contributed by atoms with E-state index in [1.54, 1.807) is 17.4 Å². The van der Waals surface area contributed by atoms with E-state index in [0.717, 1.165) is 50.2 Å². The van der Waals surface area contributed by atoms with E-state index in [9.17, 15) is 9.59 Å². The summed E-state index contributed by atoms with van der Waals surface area (Å²) in [6, 6.07) is 5.55. The Morgan fingerprint density at radius 1 is 1.12 bits per heavy atom. The molecule has 2 bridgehead atoms. The number of fused-ring (bicyclic) bond motifs is 5. The molecule has 1 fully saturated rings. The van der Waals surface area contributed by atoms with E-state index in [-0.39, 0.29) is 11.5 Å². The molecule has 3 aliphatic rings. The normalized spacial score (nSPS) is 24.6. The molecule has 2 unspecified atom stereocenters. The van der Waals surface area contributed by atoms with Gasteiger partial charge in [-0.25, -0.2) is 0 Å². The van der Waals surface area contributed by atoms with Crippen molar-refractivity contribution in [2.45, 2.75) is 44.6 Å². The predicted octanol–water partition coefficient (Wildman–Crippen LogP) is 3.05. The number of piperidine rings is 1. The van der Waals surface area contributed by atoms with Crippen LogP contribution in [0.15, 0.2) is 28.4 Å². The van der Waals surface area contributed by atoms with E-state index >= 15 is 0 Å². The number of aromatic nitrogens is 1. The molecule has 5 rings (SSSR count). The Labute approximate surface area is 151 Å². The van der Waals surface area contributed by atoms with Gasteiger partial charge in [-0.3, -0.25) is 9.59 Å². The zero-order valence-electron chi connectivity index (χ0n) is 14.2. The molecular weight excluding hydrogens is 332 g/mol. The molecule has 4 heterocycles. The fourth-order valence-corrected chi connectivity index (χ4v) is 6.03. The number of carbonyl (C=O) groups is 1. The number of rotatable bonds is 1. The highest BCUT2D eigenvalue weighted by atomic mass is 32.1. The summed E-state index contributed by atoms with van der Waals surface area (Å²) in [5, 5.41) is 2.08. The second kappa shape index (κ2) is 5.84. The van der Waals surface area contributed by atoms with E-state index in [1.807, 2.05) is 10.6 Å². The zero-order chi connectivity index (χ0) is 17.0. The standard InChI is InChI=1S/C20H22N2O2S/c23-19-7-3-5-17-14-8-13(10-22(17)19)9-21(11-14)20(24)16-12-25-18-6-2-1-4-15(16)18/h3,5,7,12-14H,1-2,4,6,8-11H2. The molecule has 1 amide bonds. The molecule has 0 spiro atoms. The Bertz CT molecular complexity index is 897. The maximum absolute atomic E-state index is 13.2. The number of thiophene rings is 1. The predicted molar refractivity (Wildman–Crippen MR) is 98.4 cm³/mol. The van der Waals surface area contributed by atoms with Gasteiger partial charge in [0.05, 0.1) is 5.56 Å². The van der Waals surface area contributed by atoms with E-state index in [0.29, 0.717) is 11.8 Å². The first-order valence-electron chi connectivity index (χ1n) is 9.29. The van der Waals surface area contributed by atoms with Gasteiger partial charge in [-0.2, -0.15) is 0 Å². The highest BCUT2D eigenvalue weighted by molar-refractivity contribution is 7.10. The summed E-state index contributed by atoms with van der Waals surface area (Å²) in [5.41, 5.74) is 3.46. The summed E-state index contributed by atoms with van der Waals surface area (Å²) < 4.78 is 1.92. The smallest absolute Gasteiger partial charge is 0.255 e. The maximum atomic E-state index is 13.2. The van der Waals surface area contributed by atoms with Gasteiger partial charge in [0, 0.05) is 47.6 Å². The molecule has 2 aromatic rings. The number of amides is 1. The number of nitrogens with zero attached hydrogens (tertiary/aromatic N) is 2. The van der Waals surface area contributed by atoms with Crippen LogP contribution in [-0.4, -0.2) is 28.5 Å². The molecule has 2 atom stereocenters. The van der Waals surface area contributed by atoms with Gasteiger partial charge >= 0.3 is 0 Å². The second-order valence-electron chi connectivity index (χ2n) is 7.67. The van der Waals surface area contributed by atoms with Crippen LogP contribution in [0, 0.1) is 5.92 Å². The fourth-order valence-electron chi connectivity index (χ4n) is 4.91. The van der Waals surface area contributed by atoms with Gasteiger partial charge in [0.25, 0.3) is 11.5 Å². The fraction of sp³-hybridized carbons (Fsp3) is 0.500. The van der Waals surface area contributed by atoms with Crippen molar-refractivity contribution in [2.24, 2.45) is 5.92 Å². The van der Waals surface area contributed by atoms with E-state index in [4.69, 9.17) is 0 Å². The van der Waals surface area contributed by atoms with Crippen molar-refractivity contribution in [1.82, 2.24) is 9.47 Å². The van der Waals surface area contributed by atoms with Crippen LogP contribution in [0.4, 0.5) is 0 Å². The van der Waals surface area contributed by atoms with Crippen LogP contribution in [0.25, 0.3) is 0 Å². The lowest BCUT2D eigenvalue weighted by molar-refractivity contribution is 0.0594. The third kappa shape index (κ3) is 2.48. The molecule has 0 saturated carbocycles. The van der Waals surface area contributed by atoms with Crippen LogP contribution in [0.3, 0.4) is 0 Å². The highest BCUT2D eigenvalue weighted by Crippen LogP contribution is 2.37. The van der Waals surface area contributed by atoms with Gasteiger partial charge in [-0.05, 0) is 49.7 Å². The molecule has 0 aromatic carbocycles. The number of hydrogen-bond donors (Lipinski definition) is 0. The van der Waals surface area contributed by atoms with Crippen LogP contribution >= 0.6 is 11.3 Å². The van der Waals surface area contributed by atoms with Gasteiger partial charge in [-0.15, -0.1) is 11.3 Å². The molecule has 0 N–H and O–H groups in total. The molecule has 130 valence electrons. The van der Waals surface area contributed by atoms with E-state index < -0.39 is 0 Å². The van der Waals surface area contributed by atoms with E-state index in [2.05, 4.69) is 16.3 Å². The number of hydrogen-bond acceptors (Lipinski definition) is 3. The Kier molecular flexibility index (Phi) is 3.59. The molecule has 1 aliphatic carbocycles. The third-order valence-corrected chi connectivity index (χ3v) is 7.15. The SMILES string of the molecule is O=C(c1csc2c1CCCC2)N1CC2CC(C1)c1cccc(=O)n1C2. The molecule has 5 heteroatoms. The molecule has 1 saturated heterocycles. The number of aryl methyl sites for hydroxylation is 1. The first kappa shape index (κ1) is 15.4. The molecular formula is C20H22N2O2S. The van der Waals surface area contributed by atoms with Crippen molar-refractivity contribution < 1.29 is 4.79 Å². The largest absolute Gasteiger partial charge is 0.338 e. The molecule has 2 aromatic heterocycles. The van der Waals surface area contributed by atoms with Crippen LogP contribution in [-0.2, 0) is 19.4 Å². The molecule has 2 aliphatic heterocycles. The Balaban J connectivity index is 1.45. The second-order valence-corrected chi connectivity index (χ2v) is 8.63. The summed E-state index contributed by atoms with van der Waals surface area (Å²) in [7, 11) is 0. The van der Waals surface area contributed by atoms with Crippen molar-refractivity contribution in [3.05, 3.63) is 55.6 Å². The Morgan fingerprint density at radius 2 is 2.00 bits per heavy atom. The van der Waals surface area contributed by atoms with Crippen molar-refractivity contribution in [3.63, 3.8) is 0 Å². The Hall–Kier alpha value is -1.88. The average Bonchev–Trinajstić information content (AvgIpc) is 3.06. The Morgan fingerprint density at radius 3 is 2.92 bits per heavy atom. The van der Waals surface area contributed by atoms with Crippen LogP contribution in [0.2, 0.25) is 0 Å². The summed E-state index contributed by atoms with van der Waals surface area (Å²) in [5.74, 6) is 0.894. The third-order valence-electron chi connectivity index (χ3n) is 6.06. The summed E-state index contributed by atoms with van der Waals surface area (Å²) in [6.07, 6.45) is 5.73. The lowest BCUT2D eigenvalue weighted by Crippen LogP contribution is -2.49. The minimum atomic E-state index is 0.0962. The number of pyridine rings is 1. The maximum Gasteiger partial charge on any atom is 0.255 e. The first-order chi connectivity index (χ1) is 12.2. The highest BCUT2D eigenvalue weighted by Gasteiger charge is 2.37. The van der Waals surface area contributed by atoms with Gasteiger partial charge < -0.3 is 9.47 Å². The molecule has 0 radical (unpaired) electrons. The minimum absolute atomic E-state index is 0.0962.